The number of thiophene rings is 1. The summed E-state index contributed by atoms with van der Waals surface area (Å²) in [6.07, 6.45) is 0. The van der Waals surface area contributed by atoms with E-state index in [1.165, 1.54) is 0 Å². The molecule has 0 saturated heterocycles. The molecule has 2 aromatic heterocycles. The van der Waals surface area contributed by atoms with Crippen LogP contribution in [0.25, 0.3) is 10.6 Å². The number of hydrogen-bond donors (Lipinski definition) is 0. The van der Waals surface area contributed by atoms with Crippen molar-refractivity contribution in [3.63, 3.8) is 0 Å². The van der Waals surface area contributed by atoms with Crippen molar-refractivity contribution >= 4 is 38.6 Å². The van der Waals surface area contributed by atoms with Crippen molar-refractivity contribution in [1.29, 1.82) is 0 Å². The van der Waals surface area contributed by atoms with Gasteiger partial charge in [-0.05, 0) is 15.9 Å². The highest BCUT2D eigenvalue weighted by Gasteiger charge is 2.24. The molecule has 0 N–H and O–H groups in total. The molecule has 15 heavy (non-hydrogen) atoms. The second-order valence-electron chi connectivity index (χ2n) is 2.93. The molecule has 0 spiro atoms. The van der Waals surface area contributed by atoms with Crippen molar-refractivity contribution in [2.45, 2.75) is 0 Å². The quantitative estimate of drug-likeness (QED) is 0.809. The lowest BCUT2D eigenvalue weighted by atomic mass is 10.3. The standard InChI is InChI=1S/C9H6BrNO2S2/c10-9-7-6(12-1-2-13-7)8(15-9)5-3-14-4-11-5/h3-4H,1-2H2. The Hall–Kier alpha value is -0.590. The van der Waals surface area contributed by atoms with Crippen LogP contribution in [0, 0.1) is 0 Å². The third-order valence-corrected chi connectivity index (χ3v) is 4.42. The molecule has 2 aromatic rings. The van der Waals surface area contributed by atoms with Gasteiger partial charge in [-0.2, -0.15) is 0 Å². The summed E-state index contributed by atoms with van der Waals surface area (Å²) in [5.74, 6) is 1.64. The summed E-state index contributed by atoms with van der Waals surface area (Å²) in [5.41, 5.74) is 2.77. The van der Waals surface area contributed by atoms with E-state index >= 15 is 0 Å². The Morgan fingerprint density at radius 2 is 2.07 bits per heavy atom. The summed E-state index contributed by atoms with van der Waals surface area (Å²) < 4.78 is 12.1. The first-order chi connectivity index (χ1) is 7.36. The maximum atomic E-state index is 5.62. The van der Waals surface area contributed by atoms with Crippen LogP contribution in [-0.4, -0.2) is 18.2 Å². The first-order valence-electron chi connectivity index (χ1n) is 4.32. The molecule has 0 amide bonds. The lowest BCUT2D eigenvalue weighted by Crippen LogP contribution is -2.14. The molecule has 0 fully saturated rings. The van der Waals surface area contributed by atoms with Gasteiger partial charge in [0.15, 0.2) is 11.5 Å². The van der Waals surface area contributed by atoms with Gasteiger partial charge in [-0.1, -0.05) is 0 Å². The minimum absolute atomic E-state index is 0.604. The molecule has 0 bridgehead atoms. The lowest BCUT2D eigenvalue weighted by molar-refractivity contribution is 0.173. The smallest absolute Gasteiger partial charge is 0.187 e. The van der Waals surface area contributed by atoms with Gasteiger partial charge in [0.05, 0.1) is 11.2 Å². The molecule has 0 aromatic carbocycles. The predicted octanol–water partition coefficient (Wildman–Crippen LogP) is 3.41. The number of rotatable bonds is 1. The Morgan fingerprint density at radius 1 is 1.27 bits per heavy atom. The molecule has 1 aliphatic heterocycles. The summed E-state index contributed by atoms with van der Waals surface area (Å²) in [4.78, 5) is 5.32. The van der Waals surface area contributed by atoms with Crippen molar-refractivity contribution in [3.8, 4) is 22.1 Å². The van der Waals surface area contributed by atoms with E-state index < -0.39 is 0 Å². The molecule has 0 saturated carbocycles. The summed E-state index contributed by atoms with van der Waals surface area (Å²) in [5, 5.41) is 2.01. The third kappa shape index (κ3) is 1.56. The Balaban J connectivity index is 2.16. The Labute approximate surface area is 103 Å². The van der Waals surface area contributed by atoms with Crippen LogP contribution >= 0.6 is 38.6 Å². The van der Waals surface area contributed by atoms with Crippen molar-refractivity contribution in [2.24, 2.45) is 0 Å². The summed E-state index contributed by atoms with van der Waals surface area (Å²) >= 11 is 6.65. The number of nitrogens with zero attached hydrogens (tertiary/aromatic N) is 1. The fourth-order valence-corrected chi connectivity index (χ4v) is 3.69. The number of hydrogen-bond acceptors (Lipinski definition) is 5. The van der Waals surface area contributed by atoms with Gasteiger partial charge in [0.1, 0.15) is 21.9 Å². The minimum atomic E-state index is 0.604. The zero-order chi connectivity index (χ0) is 10.3. The number of halogens is 1. The third-order valence-electron chi connectivity index (χ3n) is 2.02. The molecule has 3 heterocycles. The van der Waals surface area contributed by atoms with Crippen LogP contribution in [-0.2, 0) is 0 Å². The van der Waals surface area contributed by atoms with E-state index in [0.29, 0.717) is 13.2 Å². The first-order valence-corrected chi connectivity index (χ1v) is 6.88. The molecular formula is C9H6BrNO2S2. The van der Waals surface area contributed by atoms with Gasteiger partial charge in [0.25, 0.3) is 0 Å². The van der Waals surface area contributed by atoms with Gasteiger partial charge in [-0.25, -0.2) is 4.98 Å². The Morgan fingerprint density at radius 3 is 2.80 bits per heavy atom. The highest BCUT2D eigenvalue weighted by molar-refractivity contribution is 9.11. The molecule has 0 unspecified atom stereocenters. The van der Waals surface area contributed by atoms with Crippen LogP contribution < -0.4 is 9.47 Å². The Bertz CT molecular complexity index is 481. The van der Waals surface area contributed by atoms with Crippen LogP contribution in [0.1, 0.15) is 0 Å². The number of aromatic nitrogens is 1. The van der Waals surface area contributed by atoms with E-state index in [1.807, 2.05) is 10.9 Å². The van der Waals surface area contributed by atoms with E-state index in [-0.39, 0.29) is 0 Å². The van der Waals surface area contributed by atoms with Crippen molar-refractivity contribution in [1.82, 2.24) is 4.98 Å². The highest BCUT2D eigenvalue weighted by atomic mass is 79.9. The van der Waals surface area contributed by atoms with E-state index in [9.17, 15) is 0 Å². The number of ether oxygens (including phenoxy) is 2. The van der Waals surface area contributed by atoms with Crippen molar-refractivity contribution < 1.29 is 9.47 Å². The lowest BCUT2D eigenvalue weighted by Gasteiger charge is -2.15. The van der Waals surface area contributed by atoms with Gasteiger partial charge >= 0.3 is 0 Å². The normalized spacial score (nSPS) is 14.2. The van der Waals surface area contributed by atoms with Crippen molar-refractivity contribution in [2.75, 3.05) is 13.2 Å². The molecule has 3 nitrogen and oxygen atoms in total. The van der Waals surface area contributed by atoms with Crippen molar-refractivity contribution in [3.05, 3.63) is 14.7 Å². The topological polar surface area (TPSA) is 31.4 Å². The SMILES string of the molecule is Brc1sc(-c2cscn2)c2c1OCCO2. The zero-order valence-corrected chi connectivity index (χ0v) is 10.7. The van der Waals surface area contributed by atoms with Crippen LogP contribution in [0.4, 0.5) is 0 Å². The van der Waals surface area contributed by atoms with Gasteiger partial charge in [-0.15, -0.1) is 22.7 Å². The molecule has 0 radical (unpaired) electrons. The van der Waals surface area contributed by atoms with Crippen LogP contribution in [0.3, 0.4) is 0 Å². The number of thiazole rings is 1. The fourth-order valence-electron chi connectivity index (χ4n) is 1.41. The molecule has 0 aliphatic carbocycles. The summed E-state index contributed by atoms with van der Waals surface area (Å²) in [7, 11) is 0. The Kier molecular flexibility index (Phi) is 2.42. The maximum absolute atomic E-state index is 5.62. The average Bonchev–Trinajstić information content (AvgIpc) is 2.87. The molecule has 78 valence electrons. The largest absolute Gasteiger partial charge is 0.484 e. The van der Waals surface area contributed by atoms with E-state index in [1.54, 1.807) is 22.7 Å². The number of fused-ring (bicyclic) bond motifs is 1. The minimum Gasteiger partial charge on any atom is -0.484 e. The monoisotopic (exact) mass is 303 g/mol. The van der Waals surface area contributed by atoms with E-state index in [0.717, 1.165) is 25.9 Å². The second-order valence-corrected chi connectivity index (χ2v) is 5.99. The second kappa shape index (κ2) is 3.77. The highest BCUT2D eigenvalue weighted by Crippen LogP contribution is 2.51. The van der Waals surface area contributed by atoms with Crippen LogP contribution in [0.15, 0.2) is 14.7 Å². The summed E-state index contributed by atoms with van der Waals surface area (Å²) in [6, 6.07) is 0. The first kappa shape index (κ1) is 9.62. The predicted molar refractivity (Wildman–Crippen MR) is 64.1 cm³/mol. The fraction of sp³-hybridized carbons (Fsp3) is 0.222. The molecule has 3 rings (SSSR count). The summed E-state index contributed by atoms with van der Waals surface area (Å²) in [6.45, 7) is 1.21. The average molecular weight is 304 g/mol. The molecule has 1 aliphatic rings. The van der Waals surface area contributed by atoms with E-state index in [4.69, 9.17) is 9.47 Å². The van der Waals surface area contributed by atoms with Crippen LogP contribution in [0.5, 0.6) is 11.5 Å². The van der Waals surface area contributed by atoms with Gasteiger partial charge in [0.2, 0.25) is 0 Å². The van der Waals surface area contributed by atoms with E-state index in [2.05, 4.69) is 20.9 Å². The zero-order valence-electron chi connectivity index (χ0n) is 7.53. The van der Waals surface area contributed by atoms with Gasteiger partial charge < -0.3 is 9.47 Å². The van der Waals surface area contributed by atoms with Crippen LogP contribution in [0.2, 0.25) is 0 Å². The maximum Gasteiger partial charge on any atom is 0.187 e. The molecule has 0 atom stereocenters. The molecule has 6 heteroatoms. The van der Waals surface area contributed by atoms with Gasteiger partial charge in [0, 0.05) is 5.38 Å². The van der Waals surface area contributed by atoms with Gasteiger partial charge in [-0.3, -0.25) is 0 Å². The molecular weight excluding hydrogens is 298 g/mol.